The summed E-state index contributed by atoms with van der Waals surface area (Å²) in [6.45, 7) is 4.43. The number of amides is 2. The van der Waals surface area contributed by atoms with Crippen LogP contribution in [0, 0.1) is 0 Å². The molecule has 37 heavy (non-hydrogen) atoms. The lowest BCUT2D eigenvalue weighted by Gasteiger charge is -2.22. The van der Waals surface area contributed by atoms with E-state index in [-0.39, 0.29) is 31.4 Å². The Balaban J connectivity index is 1.64. The summed E-state index contributed by atoms with van der Waals surface area (Å²) in [5, 5.41) is 14.2. The Morgan fingerprint density at radius 1 is 1.19 bits per heavy atom. The maximum Gasteiger partial charge on any atom is 0.333 e. The van der Waals surface area contributed by atoms with Crippen LogP contribution < -0.4 is 5.26 Å². The highest BCUT2D eigenvalue weighted by molar-refractivity contribution is 7.94. The van der Waals surface area contributed by atoms with Gasteiger partial charge in [-0.15, -0.1) is 5.06 Å². The predicted molar refractivity (Wildman–Crippen MR) is 129 cm³/mol. The fourth-order valence-corrected chi connectivity index (χ4v) is 5.60. The van der Waals surface area contributed by atoms with Crippen LogP contribution in [-0.2, 0) is 44.1 Å². The first-order chi connectivity index (χ1) is 17.5. The van der Waals surface area contributed by atoms with Crippen LogP contribution in [-0.4, -0.2) is 58.4 Å². The van der Waals surface area contributed by atoms with Crippen molar-refractivity contribution in [3.05, 3.63) is 23.8 Å². The summed E-state index contributed by atoms with van der Waals surface area (Å²) >= 11 is 0.781. The summed E-state index contributed by atoms with van der Waals surface area (Å²) in [7, 11) is -4.08. The second kappa shape index (κ2) is 12.5. The van der Waals surface area contributed by atoms with E-state index in [4.69, 9.17) is 9.39 Å². The molecular weight excluding hydrogens is 528 g/mol. The quantitative estimate of drug-likeness (QED) is 0.0677. The molecule has 1 unspecified atom stereocenters. The lowest BCUT2D eigenvalue weighted by Crippen LogP contribution is -2.32. The van der Waals surface area contributed by atoms with E-state index in [2.05, 4.69) is 16.3 Å². The summed E-state index contributed by atoms with van der Waals surface area (Å²) < 4.78 is 38.0. The van der Waals surface area contributed by atoms with Crippen LogP contribution in [0.2, 0.25) is 0 Å². The second-order valence-electron chi connectivity index (χ2n) is 9.21. The molecule has 0 aliphatic carbocycles. The molecule has 204 valence electrons. The molecule has 2 aliphatic rings. The molecule has 1 aromatic rings. The van der Waals surface area contributed by atoms with Crippen LogP contribution in [0.15, 0.2) is 23.1 Å². The highest BCUT2D eigenvalue weighted by atomic mass is 32.2. The fourth-order valence-electron chi connectivity index (χ4n) is 4.71. The molecule has 1 fully saturated rings. The SMILES string of the molecule is CC1=[N+](CCCS(=O)(=O)O)c2ccc(SOO[O-])cc2C1(C)CCCCCC(=O)ON1C(=O)CCC1=O. The smallest absolute Gasteiger partial charge is 0.333 e. The molecule has 1 atom stereocenters. The topological polar surface area (TPSA) is 163 Å². The van der Waals surface area contributed by atoms with Crippen molar-refractivity contribution >= 4 is 51.3 Å². The summed E-state index contributed by atoms with van der Waals surface area (Å²) in [5.74, 6) is -2.00. The van der Waals surface area contributed by atoms with E-state index >= 15 is 0 Å². The lowest BCUT2D eigenvalue weighted by molar-refractivity contribution is -0.777. The highest BCUT2D eigenvalue weighted by Crippen LogP contribution is 2.44. The van der Waals surface area contributed by atoms with Crippen LogP contribution in [0.5, 0.6) is 0 Å². The van der Waals surface area contributed by atoms with Gasteiger partial charge in [0.15, 0.2) is 5.71 Å². The molecule has 14 heteroatoms. The van der Waals surface area contributed by atoms with Gasteiger partial charge in [-0.2, -0.15) is 17.3 Å². The van der Waals surface area contributed by atoms with E-state index in [1.165, 1.54) is 0 Å². The zero-order chi connectivity index (χ0) is 27.2. The number of carbonyl (C=O) groups excluding carboxylic acids is 3. The second-order valence-corrected chi connectivity index (χ2v) is 11.6. The molecule has 0 radical (unpaired) electrons. The minimum Gasteiger partial charge on any atom is -0.691 e. The Morgan fingerprint density at radius 2 is 1.89 bits per heavy atom. The molecule has 1 aromatic carbocycles. The molecule has 1 saturated heterocycles. The number of unbranched alkanes of at least 4 members (excludes halogenated alkanes) is 2. The molecule has 2 amide bonds. The van der Waals surface area contributed by atoms with Crippen LogP contribution in [0.1, 0.15) is 70.8 Å². The maximum absolute atomic E-state index is 12.0. The van der Waals surface area contributed by atoms with E-state index < -0.39 is 33.3 Å². The molecule has 1 N–H and O–H groups in total. The molecule has 2 heterocycles. The first kappa shape index (κ1) is 29.2. The van der Waals surface area contributed by atoms with Gasteiger partial charge in [0.2, 0.25) is 5.69 Å². The number of imide groups is 1. The van der Waals surface area contributed by atoms with Gasteiger partial charge in [0.25, 0.3) is 21.9 Å². The van der Waals surface area contributed by atoms with Crippen LogP contribution in [0.4, 0.5) is 5.69 Å². The zero-order valence-electron chi connectivity index (χ0n) is 20.6. The molecule has 2 aliphatic heterocycles. The Bertz CT molecular complexity index is 1170. The van der Waals surface area contributed by atoms with E-state index in [0.717, 1.165) is 35.4 Å². The number of rotatable bonds is 14. The normalized spacial score (nSPS) is 19.6. The first-order valence-electron chi connectivity index (χ1n) is 11.9. The first-order valence-corrected chi connectivity index (χ1v) is 14.2. The Morgan fingerprint density at radius 3 is 2.54 bits per heavy atom. The number of fused-ring (bicyclic) bond motifs is 1. The van der Waals surface area contributed by atoms with Crippen molar-refractivity contribution in [2.45, 2.75) is 75.5 Å². The van der Waals surface area contributed by atoms with Gasteiger partial charge < -0.3 is 10.1 Å². The van der Waals surface area contributed by atoms with Crippen molar-refractivity contribution in [1.29, 1.82) is 0 Å². The average molecular weight is 559 g/mol. The Hall–Kier alpha value is -2.36. The van der Waals surface area contributed by atoms with Gasteiger partial charge in [-0.3, -0.25) is 19.2 Å². The van der Waals surface area contributed by atoms with Gasteiger partial charge in [-0.25, -0.2) is 4.79 Å². The van der Waals surface area contributed by atoms with Gasteiger partial charge in [0.1, 0.15) is 6.54 Å². The lowest BCUT2D eigenvalue weighted by atomic mass is 9.76. The maximum atomic E-state index is 12.0. The van der Waals surface area contributed by atoms with Gasteiger partial charge in [-0.1, -0.05) is 12.8 Å². The van der Waals surface area contributed by atoms with E-state index in [9.17, 15) is 28.1 Å². The van der Waals surface area contributed by atoms with Gasteiger partial charge in [-0.05, 0) is 31.9 Å². The Kier molecular flexibility index (Phi) is 9.83. The van der Waals surface area contributed by atoms with Gasteiger partial charge >= 0.3 is 5.97 Å². The van der Waals surface area contributed by atoms with Crippen LogP contribution >= 0.6 is 12.0 Å². The van der Waals surface area contributed by atoms with Crippen LogP contribution in [0.25, 0.3) is 0 Å². The minimum absolute atomic E-state index is 0.0467. The van der Waals surface area contributed by atoms with Crippen molar-refractivity contribution < 1.29 is 51.4 Å². The van der Waals surface area contributed by atoms with E-state index in [1.54, 1.807) is 6.07 Å². The summed E-state index contributed by atoms with van der Waals surface area (Å²) in [6, 6.07) is 5.52. The number of carbonyl (C=O) groups is 3. The number of hydrogen-bond acceptors (Lipinski definition) is 10. The van der Waals surface area contributed by atoms with E-state index in [0.29, 0.717) is 35.8 Å². The molecule has 0 saturated carbocycles. The third-order valence-corrected chi connectivity index (χ3v) is 8.13. The monoisotopic (exact) mass is 558 g/mol. The summed E-state index contributed by atoms with van der Waals surface area (Å²) in [5.41, 5.74) is 2.46. The standard InChI is InChI=1S/C23H30N2O10S2/c1-16-23(2,12-5-3-4-7-22(28)33-25-20(26)10-11-21(25)27)18-15-17(36-35-34-29)8-9-19(18)24(16)13-6-14-37(30,31)32/h8-9,15H,3-7,10-14H2,1-2H3,(H-,29,30,31,32). The van der Waals surface area contributed by atoms with E-state index in [1.807, 2.05) is 23.6 Å². The van der Waals surface area contributed by atoms with Crippen molar-refractivity contribution in [3.63, 3.8) is 0 Å². The third kappa shape index (κ3) is 7.36. The highest BCUT2D eigenvalue weighted by Gasteiger charge is 2.46. The van der Waals surface area contributed by atoms with Gasteiger partial charge in [0, 0.05) is 49.1 Å². The van der Waals surface area contributed by atoms with Crippen molar-refractivity contribution in [1.82, 2.24) is 5.06 Å². The van der Waals surface area contributed by atoms with Crippen LogP contribution in [0.3, 0.4) is 0 Å². The molecular formula is C23H30N2O10S2. The minimum atomic E-state index is -4.08. The molecule has 0 aromatic heterocycles. The average Bonchev–Trinajstić information content (AvgIpc) is 3.25. The molecule has 0 bridgehead atoms. The number of nitrogens with zero attached hydrogens (tertiary/aromatic N) is 2. The van der Waals surface area contributed by atoms with Gasteiger partial charge in [0.05, 0.1) is 23.2 Å². The summed E-state index contributed by atoms with van der Waals surface area (Å²) in [6.07, 6.45) is 3.07. The summed E-state index contributed by atoms with van der Waals surface area (Å²) in [4.78, 5) is 40.8. The van der Waals surface area contributed by atoms with Crippen molar-refractivity contribution in [3.8, 4) is 0 Å². The largest absolute Gasteiger partial charge is 0.691 e. The number of hydroxylamine groups is 2. The van der Waals surface area contributed by atoms with Crippen molar-refractivity contribution in [2.75, 3.05) is 12.3 Å². The zero-order valence-corrected chi connectivity index (χ0v) is 22.3. The Labute approximate surface area is 219 Å². The molecule has 3 rings (SSSR count). The fraction of sp³-hybridized carbons (Fsp3) is 0.565. The number of benzene rings is 1. The molecule has 0 spiro atoms. The third-order valence-electron chi connectivity index (χ3n) is 6.76. The predicted octanol–water partition coefficient (Wildman–Crippen LogP) is 2.13. The van der Waals surface area contributed by atoms with Crippen molar-refractivity contribution in [2.24, 2.45) is 0 Å². The number of hydrogen-bond donors (Lipinski definition) is 1. The molecule has 12 nitrogen and oxygen atoms in total.